The van der Waals surface area contributed by atoms with Crippen molar-refractivity contribution in [2.24, 2.45) is 0 Å². The summed E-state index contributed by atoms with van der Waals surface area (Å²) in [4.78, 5) is 16.4. The number of aromatic nitrogens is 1. The van der Waals surface area contributed by atoms with Crippen molar-refractivity contribution >= 4 is 22.4 Å². The fourth-order valence-electron chi connectivity index (χ4n) is 2.23. The molecule has 3 nitrogen and oxygen atoms in total. The van der Waals surface area contributed by atoms with E-state index in [1.807, 2.05) is 49.5 Å². The van der Waals surface area contributed by atoms with Crippen LogP contribution in [0.25, 0.3) is 10.8 Å². The average Bonchev–Trinajstić information content (AvgIpc) is 2.49. The summed E-state index contributed by atoms with van der Waals surface area (Å²) in [7, 11) is 0. The Morgan fingerprint density at radius 1 is 0.950 bits per heavy atom. The van der Waals surface area contributed by atoms with Crippen molar-refractivity contribution in [3.05, 3.63) is 72.1 Å². The molecule has 0 fully saturated rings. The summed E-state index contributed by atoms with van der Waals surface area (Å²) in [5, 5.41) is 5.01. The average molecular weight is 262 g/mol. The number of hydrogen-bond donors (Lipinski definition) is 1. The van der Waals surface area contributed by atoms with Crippen LogP contribution >= 0.6 is 0 Å². The van der Waals surface area contributed by atoms with Crippen LogP contribution in [-0.4, -0.2) is 10.9 Å². The molecule has 0 radical (unpaired) electrons. The topological polar surface area (TPSA) is 42.0 Å². The Bertz CT molecular complexity index is 766. The van der Waals surface area contributed by atoms with Crippen molar-refractivity contribution in [3.8, 4) is 0 Å². The van der Waals surface area contributed by atoms with Crippen molar-refractivity contribution < 1.29 is 4.79 Å². The lowest BCUT2D eigenvalue weighted by molar-refractivity contribution is 0.102. The van der Waals surface area contributed by atoms with Crippen molar-refractivity contribution in [2.45, 2.75) is 6.92 Å². The molecule has 0 aliphatic carbocycles. The molecule has 0 saturated carbocycles. The van der Waals surface area contributed by atoms with E-state index in [4.69, 9.17) is 0 Å². The zero-order valence-corrected chi connectivity index (χ0v) is 11.1. The van der Waals surface area contributed by atoms with Gasteiger partial charge in [0.1, 0.15) is 0 Å². The molecule has 0 bridgehead atoms. The maximum Gasteiger partial charge on any atom is 0.255 e. The highest BCUT2D eigenvalue weighted by Gasteiger charge is 2.08. The Kier molecular flexibility index (Phi) is 3.17. The van der Waals surface area contributed by atoms with Gasteiger partial charge in [-0.1, -0.05) is 30.3 Å². The molecule has 1 heterocycles. The first-order valence-electron chi connectivity index (χ1n) is 6.45. The lowest BCUT2D eigenvalue weighted by atomic mass is 10.1. The molecule has 0 atom stereocenters. The lowest BCUT2D eigenvalue weighted by Gasteiger charge is -2.09. The molecule has 20 heavy (non-hydrogen) atoms. The first-order chi connectivity index (χ1) is 9.75. The Hall–Kier alpha value is -2.68. The fraction of sp³-hybridized carbons (Fsp3) is 0.0588. The summed E-state index contributed by atoms with van der Waals surface area (Å²) in [6.07, 6.45) is 3.61. The van der Waals surface area contributed by atoms with Gasteiger partial charge in [0.05, 0.1) is 5.69 Å². The van der Waals surface area contributed by atoms with E-state index in [9.17, 15) is 4.79 Å². The van der Waals surface area contributed by atoms with Gasteiger partial charge in [-0.15, -0.1) is 0 Å². The van der Waals surface area contributed by atoms with Gasteiger partial charge in [-0.3, -0.25) is 9.78 Å². The molecule has 1 amide bonds. The molecule has 3 aromatic rings. The summed E-state index contributed by atoms with van der Waals surface area (Å²) in [6.45, 7) is 2.01. The monoisotopic (exact) mass is 262 g/mol. The third kappa shape index (κ3) is 2.26. The number of amides is 1. The van der Waals surface area contributed by atoms with Crippen molar-refractivity contribution in [1.82, 2.24) is 4.98 Å². The van der Waals surface area contributed by atoms with Crippen LogP contribution in [0.1, 0.15) is 15.9 Å². The Morgan fingerprint density at radius 3 is 2.55 bits per heavy atom. The third-order valence-corrected chi connectivity index (χ3v) is 3.29. The normalized spacial score (nSPS) is 10.4. The van der Waals surface area contributed by atoms with E-state index < -0.39 is 0 Å². The molecule has 1 aromatic heterocycles. The van der Waals surface area contributed by atoms with Crippen molar-refractivity contribution in [3.63, 3.8) is 0 Å². The number of nitrogens with zero attached hydrogens (tertiary/aromatic N) is 1. The zero-order valence-electron chi connectivity index (χ0n) is 11.1. The maximum atomic E-state index is 12.2. The summed E-state index contributed by atoms with van der Waals surface area (Å²) >= 11 is 0. The molecule has 0 aliphatic rings. The summed E-state index contributed by atoms with van der Waals surface area (Å²) in [5.74, 6) is -0.111. The van der Waals surface area contributed by atoms with Crippen LogP contribution in [0.15, 0.2) is 60.9 Å². The van der Waals surface area contributed by atoms with Gasteiger partial charge in [-0.2, -0.15) is 0 Å². The van der Waals surface area contributed by atoms with Crippen LogP contribution in [0.3, 0.4) is 0 Å². The van der Waals surface area contributed by atoms with Gasteiger partial charge < -0.3 is 5.32 Å². The van der Waals surface area contributed by atoms with Gasteiger partial charge in [0.2, 0.25) is 0 Å². The SMILES string of the molecule is Cc1cncc2c(NC(=O)c3ccccc3)cccc12. The number of nitrogens with one attached hydrogen (secondary N) is 1. The number of rotatable bonds is 2. The summed E-state index contributed by atoms with van der Waals surface area (Å²) in [6, 6.07) is 15.0. The van der Waals surface area contributed by atoms with E-state index in [1.54, 1.807) is 18.3 Å². The molecule has 3 rings (SSSR count). The quantitative estimate of drug-likeness (QED) is 0.763. The highest BCUT2D eigenvalue weighted by atomic mass is 16.1. The van der Waals surface area contributed by atoms with Gasteiger partial charge in [-0.25, -0.2) is 0 Å². The van der Waals surface area contributed by atoms with Crippen molar-refractivity contribution in [1.29, 1.82) is 0 Å². The molecule has 3 heteroatoms. The number of aryl methyl sites for hydroxylation is 1. The van der Waals surface area contributed by atoms with Crippen LogP contribution in [0.4, 0.5) is 5.69 Å². The van der Waals surface area contributed by atoms with Crippen LogP contribution in [-0.2, 0) is 0 Å². The highest BCUT2D eigenvalue weighted by molar-refractivity contribution is 6.09. The number of fused-ring (bicyclic) bond motifs is 1. The molecule has 0 spiro atoms. The minimum atomic E-state index is -0.111. The second kappa shape index (κ2) is 5.13. The van der Waals surface area contributed by atoms with Gasteiger partial charge >= 0.3 is 0 Å². The molecule has 0 unspecified atom stereocenters. The first kappa shape index (κ1) is 12.4. The van der Waals surface area contributed by atoms with Crippen LogP contribution < -0.4 is 5.32 Å². The number of benzene rings is 2. The van der Waals surface area contributed by atoms with Gasteiger partial charge in [0.15, 0.2) is 0 Å². The number of carbonyl (C=O) groups is 1. The van der Waals surface area contributed by atoms with E-state index in [2.05, 4.69) is 10.3 Å². The van der Waals surface area contributed by atoms with E-state index in [0.29, 0.717) is 5.56 Å². The highest BCUT2D eigenvalue weighted by Crippen LogP contribution is 2.25. The van der Waals surface area contributed by atoms with Crippen LogP contribution in [0.5, 0.6) is 0 Å². The second-order valence-corrected chi connectivity index (χ2v) is 4.68. The van der Waals surface area contributed by atoms with Gasteiger partial charge in [0.25, 0.3) is 5.91 Å². The van der Waals surface area contributed by atoms with E-state index >= 15 is 0 Å². The molecule has 2 aromatic carbocycles. The predicted molar refractivity (Wildman–Crippen MR) is 80.9 cm³/mol. The zero-order chi connectivity index (χ0) is 13.9. The third-order valence-electron chi connectivity index (χ3n) is 3.29. The van der Waals surface area contributed by atoms with E-state index in [1.165, 1.54) is 0 Å². The van der Waals surface area contributed by atoms with E-state index in [0.717, 1.165) is 22.0 Å². The summed E-state index contributed by atoms with van der Waals surface area (Å²) in [5.41, 5.74) is 2.52. The Balaban J connectivity index is 2.00. The Labute approximate surface area is 117 Å². The standard InChI is InChI=1S/C17H14N2O/c1-12-10-18-11-15-14(12)8-5-9-16(15)19-17(20)13-6-3-2-4-7-13/h2-11H,1H3,(H,19,20). The number of carbonyl (C=O) groups excluding carboxylic acids is 1. The van der Waals surface area contributed by atoms with Gasteiger partial charge in [0, 0.05) is 23.3 Å². The molecular weight excluding hydrogens is 248 g/mol. The van der Waals surface area contributed by atoms with Crippen molar-refractivity contribution in [2.75, 3.05) is 5.32 Å². The molecule has 1 N–H and O–H groups in total. The van der Waals surface area contributed by atoms with E-state index in [-0.39, 0.29) is 5.91 Å². The molecule has 98 valence electrons. The Morgan fingerprint density at radius 2 is 1.75 bits per heavy atom. The second-order valence-electron chi connectivity index (χ2n) is 4.68. The molecular formula is C17H14N2O. The minimum absolute atomic E-state index is 0.111. The largest absolute Gasteiger partial charge is 0.321 e. The first-order valence-corrected chi connectivity index (χ1v) is 6.45. The van der Waals surface area contributed by atoms with Gasteiger partial charge in [-0.05, 0) is 36.1 Å². The molecule has 0 saturated heterocycles. The number of anilines is 1. The molecule has 0 aliphatic heterocycles. The smallest absolute Gasteiger partial charge is 0.255 e. The predicted octanol–water partition coefficient (Wildman–Crippen LogP) is 3.80. The minimum Gasteiger partial charge on any atom is -0.321 e. The van der Waals surface area contributed by atoms with Crippen LogP contribution in [0.2, 0.25) is 0 Å². The lowest BCUT2D eigenvalue weighted by Crippen LogP contribution is -2.11. The number of pyridine rings is 1. The van der Waals surface area contributed by atoms with Crippen LogP contribution in [0, 0.1) is 6.92 Å². The number of hydrogen-bond acceptors (Lipinski definition) is 2. The summed E-state index contributed by atoms with van der Waals surface area (Å²) < 4.78 is 0. The maximum absolute atomic E-state index is 12.2. The fourth-order valence-corrected chi connectivity index (χ4v) is 2.23.